The summed E-state index contributed by atoms with van der Waals surface area (Å²) >= 11 is -1.70. The Morgan fingerprint density at radius 3 is 2.48 bits per heavy atom. The number of hydrogen-bond acceptors (Lipinski definition) is 5. The highest BCUT2D eigenvalue weighted by molar-refractivity contribution is 7.80. The molecule has 0 spiro atoms. The Balaban J connectivity index is 1.86. The number of nitrogens with one attached hydrogen (secondary N) is 1. The molecule has 1 radical (unpaired) electrons. The first-order valence-corrected chi connectivity index (χ1v) is 8.68. The molecule has 0 amide bonds. The standard InChI is InChI=1S/C17H19N3O2S/c1-13-4-7-15(8-5-13)22-23(21)17-12-14(6-9-16(17)19-18)20-10-2-3-11-20/h4-9,12,18H,2-3,10-11H2,1H3/q+1. The van der Waals surface area contributed by atoms with Crippen LogP contribution in [0.3, 0.4) is 0 Å². The molecule has 1 aliphatic heterocycles. The maximum absolute atomic E-state index is 12.6. The van der Waals surface area contributed by atoms with Gasteiger partial charge in [0.2, 0.25) is 11.1 Å². The lowest BCUT2D eigenvalue weighted by atomic mass is 10.2. The Morgan fingerprint density at radius 2 is 1.83 bits per heavy atom. The van der Waals surface area contributed by atoms with Crippen molar-refractivity contribution in [2.45, 2.75) is 24.7 Å². The molecule has 1 heterocycles. The zero-order valence-electron chi connectivity index (χ0n) is 13.0. The highest BCUT2D eigenvalue weighted by Gasteiger charge is 2.19. The summed E-state index contributed by atoms with van der Waals surface area (Å²) < 4.78 is 18.1. The van der Waals surface area contributed by atoms with E-state index in [4.69, 9.17) is 9.71 Å². The maximum Gasteiger partial charge on any atom is 0.243 e. The van der Waals surface area contributed by atoms with Crippen LogP contribution in [-0.2, 0) is 11.1 Å². The van der Waals surface area contributed by atoms with Crippen LogP contribution in [0.1, 0.15) is 18.4 Å². The Kier molecular flexibility index (Phi) is 4.71. The van der Waals surface area contributed by atoms with Crippen LogP contribution in [0.4, 0.5) is 11.4 Å². The van der Waals surface area contributed by atoms with Crippen LogP contribution in [0.25, 0.3) is 0 Å². The van der Waals surface area contributed by atoms with Gasteiger partial charge in [0, 0.05) is 18.8 Å². The van der Waals surface area contributed by atoms with E-state index in [0.717, 1.165) is 24.3 Å². The van der Waals surface area contributed by atoms with E-state index in [1.54, 1.807) is 18.2 Å². The lowest BCUT2D eigenvalue weighted by Crippen LogP contribution is -2.23. The first-order valence-electron chi connectivity index (χ1n) is 7.60. The minimum atomic E-state index is -1.70. The Hall–Kier alpha value is -2.21. The highest BCUT2D eigenvalue weighted by atomic mass is 32.2. The second-order valence-electron chi connectivity index (χ2n) is 5.59. The molecule has 2 aromatic rings. The molecule has 1 saturated heterocycles. The van der Waals surface area contributed by atoms with Crippen LogP contribution in [0.2, 0.25) is 0 Å². The maximum atomic E-state index is 12.6. The van der Waals surface area contributed by atoms with E-state index < -0.39 is 11.1 Å². The molecule has 6 heteroatoms. The third-order valence-electron chi connectivity index (χ3n) is 3.91. The fourth-order valence-corrected chi connectivity index (χ4v) is 3.50. The lowest BCUT2D eigenvalue weighted by Gasteiger charge is -2.18. The van der Waals surface area contributed by atoms with Gasteiger partial charge in [0.15, 0.2) is 5.69 Å². The molecule has 5 nitrogen and oxygen atoms in total. The van der Waals surface area contributed by atoms with Crippen LogP contribution in [0, 0.1) is 6.92 Å². The molecule has 3 rings (SSSR count). The third kappa shape index (κ3) is 3.59. The molecule has 0 aromatic heterocycles. The molecular weight excluding hydrogens is 310 g/mol. The van der Waals surface area contributed by atoms with Crippen LogP contribution in [0.15, 0.2) is 52.5 Å². The predicted molar refractivity (Wildman–Crippen MR) is 89.2 cm³/mol. The lowest BCUT2D eigenvalue weighted by molar-refractivity contribution is -0.210. The summed E-state index contributed by atoms with van der Waals surface area (Å²) in [4.78, 5) is 2.69. The molecular formula is C17H19N3O2S+. The quantitative estimate of drug-likeness (QED) is 0.856. The van der Waals surface area contributed by atoms with Gasteiger partial charge in [-0.1, -0.05) is 17.7 Å². The Morgan fingerprint density at radius 1 is 1.13 bits per heavy atom. The number of anilines is 1. The van der Waals surface area contributed by atoms with Crippen molar-refractivity contribution in [3.05, 3.63) is 48.0 Å². The fourth-order valence-electron chi connectivity index (χ4n) is 2.63. The van der Waals surface area contributed by atoms with E-state index in [1.807, 2.05) is 31.2 Å². The zero-order chi connectivity index (χ0) is 16.2. The first kappa shape index (κ1) is 15.7. The van der Waals surface area contributed by atoms with Crippen LogP contribution in [0.5, 0.6) is 5.75 Å². The van der Waals surface area contributed by atoms with Crippen LogP contribution in [-0.4, -0.2) is 17.3 Å². The van der Waals surface area contributed by atoms with Gasteiger partial charge in [-0.25, -0.2) is 4.21 Å². The van der Waals surface area contributed by atoms with Crippen molar-refractivity contribution < 1.29 is 13.9 Å². The predicted octanol–water partition coefficient (Wildman–Crippen LogP) is 2.33. The van der Waals surface area contributed by atoms with Gasteiger partial charge in [-0.15, -0.1) is 0 Å². The summed E-state index contributed by atoms with van der Waals surface area (Å²) in [6.45, 7) is 3.99. The van der Waals surface area contributed by atoms with E-state index in [-0.39, 0.29) is 0 Å². The summed E-state index contributed by atoms with van der Waals surface area (Å²) in [5.74, 6) is 0.538. The molecule has 1 fully saturated rings. The van der Waals surface area contributed by atoms with Gasteiger partial charge in [-0.05, 0) is 50.1 Å². The van der Waals surface area contributed by atoms with Crippen molar-refractivity contribution >= 4 is 22.5 Å². The van der Waals surface area contributed by atoms with E-state index in [2.05, 4.69) is 10.0 Å². The molecule has 1 unspecified atom stereocenters. The van der Waals surface area contributed by atoms with E-state index in [1.165, 1.54) is 12.8 Å². The van der Waals surface area contributed by atoms with E-state index in [0.29, 0.717) is 16.3 Å². The topological polar surface area (TPSA) is 65.7 Å². The van der Waals surface area contributed by atoms with Crippen molar-refractivity contribution in [2.75, 3.05) is 18.0 Å². The van der Waals surface area contributed by atoms with Crippen molar-refractivity contribution in [3.8, 4) is 5.75 Å². The van der Waals surface area contributed by atoms with Crippen molar-refractivity contribution in [1.82, 2.24) is 0 Å². The second kappa shape index (κ2) is 6.91. The van der Waals surface area contributed by atoms with Gasteiger partial charge in [0.05, 0.1) is 5.11 Å². The van der Waals surface area contributed by atoms with Gasteiger partial charge >= 0.3 is 0 Å². The average molecular weight is 329 g/mol. The summed E-state index contributed by atoms with van der Waals surface area (Å²) in [5.41, 5.74) is 9.78. The molecule has 0 saturated carbocycles. The third-order valence-corrected chi connectivity index (χ3v) is 4.94. The van der Waals surface area contributed by atoms with Crippen molar-refractivity contribution in [2.24, 2.45) is 5.11 Å². The monoisotopic (exact) mass is 329 g/mol. The van der Waals surface area contributed by atoms with Gasteiger partial charge in [-0.3, -0.25) is 0 Å². The molecule has 0 aliphatic carbocycles. The molecule has 0 bridgehead atoms. The zero-order valence-corrected chi connectivity index (χ0v) is 13.8. The Labute approximate surface area is 138 Å². The summed E-state index contributed by atoms with van der Waals surface area (Å²) in [5, 5.41) is 3.47. The van der Waals surface area contributed by atoms with E-state index in [9.17, 15) is 4.21 Å². The van der Waals surface area contributed by atoms with Crippen molar-refractivity contribution in [1.29, 1.82) is 0 Å². The number of rotatable bonds is 5. The normalized spacial score (nSPS) is 15.4. The number of nitrogens with zero attached hydrogens (tertiary/aromatic N) is 2. The molecule has 1 atom stereocenters. The number of hydrogen-bond donors (Lipinski definition) is 1. The largest absolute Gasteiger partial charge is 0.397 e. The Bertz CT molecular complexity index is 725. The summed E-state index contributed by atoms with van der Waals surface area (Å²) in [6, 6.07) is 12.9. The van der Waals surface area contributed by atoms with Crippen molar-refractivity contribution in [3.63, 3.8) is 0 Å². The molecule has 23 heavy (non-hydrogen) atoms. The molecule has 1 aliphatic rings. The number of benzene rings is 2. The fraction of sp³-hybridized carbons (Fsp3) is 0.294. The first-order chi connectivity index (χ1) is 11.2. The molecule has 119 valence electrons. The molecule has 1 N–H and O–H groups in total. The highest BCUT2D eigenvalue weighted by Crippen LogP contribution is 2.30. The van der Waals surface area contributed by atoms with Crippen LogP contribution < -0.4 is 14.6 Å². The summed E-state index contributed by atoms with van der Waals surface area (Å²) in [7, 11) is 0. The van der Waals surface area contributed by atoms with E-state index >= 15 is 0 Å². The van der Waals surface area contributed by atoms with Crippen LogP contribution >= 0.6 is 0 Å². The van der Waals surface area contributed by atoms with Gasteiger partial charge in [0.1, 0.15) is 16.2 Å². The minimum absolute atomic E-state index is 0.374. The average Bonchev–Trinajstić information content (AvgIpc) is 3.11. The molecule has 2 aromatic carbocycles. The number of aryl methyl sites for hydroxylation is 1. The summed E-state index contributed by atoms with van der Waals surface area (Å²) in [6.07, 6.45) is 2.34. The second-order valence-corrected chi connectivity index (χ2v) is 6.66. The van der Waals surface area contributed by atoms with Gasteiger partial charge < -0.3 is 9.08 Å². The smallest absolute Gasteiger partial charge is 0.243 e. The minimum Gasteiger partial charge on any atom is -0.397 e. The van der Waals surface area contributed by atoms with Gasteiger partial charge in [0.25, 0.3) is 0 Å². The SMILES string of the molecule is Cc1ccc(OS(=O)c2cc(N3CCCC3)ccc2N=[NH+])cc1. The van der Waals surface area contributed by atoms with Gasteiger partial charge in [-0.2, -0.15) is 0 Å².